The minimum Gasteiger partial charge on any atom is -0.496 e. The zero-order valence-corrected chi connectivity index (χ0v) is 16.9. The Morgan fingerprint density at radius 1 is 1.30 bits per heavy atom. The van der Waals surface area contributed by atoms with E-state index >= 15 is 0 Å². The second-order valence-electron chi connectivity index (χ2n) is 5.07. The fourth-order valence-corrected chi connectivity index (χ4v) is 2.79. The second kappa shape index (κ2) is 9.86. The number of ether oxygens (including phenoxy) is 3. The summed E-state index contributed by atoms with van der Waals surface area (Å²) in [7, 11) is 2.97. The molecule has 2 rings (SSSR count). The van der Waals surface area contributed by atoms with Crippen LogP contribution in [0.1, 0.15) is 15.9 Å². The van der Waals surface area contributed by atoms with Crippen molar-refractivity contribution in [3.05, 3.63) is 51.0 Å². The number of nitrogens with one attached hydrogen (secondary N) is 1. The van der Waals surface area contributed by atoms with Gasteiger partial charge >= 0.3 is 0 Å². The third-order valence-corrected chi connectivity index (χ3v) is 4.11. The molecule has 6 nitrogen and oxygen atoms in total. The van der Waals surface area contributed by atoms with E-state index in [1.54, 1.807) is 30.3 Å². The van der Waals surface area contributed by atoms with Crippen LogP contribution in [-0.4, -0.2) is 32.9 Å². The highest BCUT2D eigenvalue weighted by atomic mass is 79.9. The molecule has 0 aromatic heterocycles. The molecule has 2 aromatic rings. The van der Waals surface area contributed by atoms with Gasteiger partial charge in [0, 0.05) is 4.47 Å². The van der Waals surface area contributed by atoms with E-state index in [0.29, 0.717) is 33.4 Å². The van der Waals surface area contributed by atoms with Crippen molar-refractivity contribution >= 4 is 39.7 Å². The number of hydrazone groups is 1. The minimum atomic E-state index is -0.420. The maximum Gasteiger partial charge on any atom is 0.275 e. The summed E-state index contributed by atoms with van der Waals surface area (Å²) in [5.74, 6) is 3.12. The van der Waals surface area contributed by atoms with Gasteiger partial charge in [0.25, 0.3) is 5.91 Å². The normalized spacial score (nSPS) is 10.3. The number of methoxy groups -OCH3 is 2. The number of carbonyl (C=O) groups excluding carboxylic acids is 1. The van der Waals surface area contributed by atoms with Gasteiger partial charge in [-0.25, -0.2) is 5.43 Å². The monoisotopic (exact) mass is 450 g/mol. The zero-order valence-electron chi connectivity index (χ0n) is 14.6. The lowest BCUT2D eigenvalue weighted by Crippen LogP contribution is -2.18. The lowest BCUT2D eigenvalue weighted by molar-refractivity contribution is 0.0952. The van der Waals surface area contributed by atoms with E-state index in [2.05, 4.69) is 32.4 Å². The first-order valence-corrected chi connectivity index (χ1v) is 8.78. The van der Waals surface area contributed by atoms with E-state index in [9.17, 15) is 4.79 Å². The van der Waals surface area contributed by atoms with E-state index in [1.807, 2.05) is 0 Å². The second-order valence-corrected chi connectivity index (χ2v) is 6.39. The first kappa shape index (κ1) is 20.6. The number of terminal acetylenes is 1. The standard InChI is InChI=1S/C19H16BrClN2O4/c1-4-7-27-18-15(21)8-12(9-17(18)26-3)11-22-23-19(24)14-10-13(20)5-6-16(14)25-2/h1,5-6,8-11H,7H2,2-3H3,(H,23,24)/b22-11-. The number of hydrogen-bond acceptors (Lipinski definition) is 5. The minimum absolute atomic E-state index is 0.0635. The van der Waals surface area contributed by atoms with Gasteiger partial charge in [0.05, 0.1) is 31.0 Å². The third kappa shape index (κ3) is 5.39. The Bertz CT molecular complexity index is 909. The van der Waals surface area contributed by atoms with Crippen LogP contribution in [0.4, 0.5) is 0 Å². The van der Waals surface area contributed by atoms with Gasteiger partial charge in [0.2, 0.25) is 0 Å². The average Bonchev–Trinajstić information content (AvgIpc) is 2.66. The van der Waals surface area contributed by atoms with Crippen molar-refractivity contribution in [2.45, 2.75) is 0 Å². The number of rotatable bonds is 7. The fourth-order valence-electron chi connectivity index (χ4n) is 2.15. The Morgan fingerprint density at radius 2 is 2.04 bits per heavy atom. The van der Waals surface area contributed by atoms with Crippen LogP contribution in [0.2, 0.25) is 5.02 Å². The quantitative estimate of drug-likeness (QED) is 0.394. The zero-order chi connectivity index (χ0) is 19.8. The van der Waals surface area contributed by atoms with Gasteiger partial charge in [-0.3, -0.25) is 4.79 Å². The van der Waals surface area contributed by atoms with Crippen molar-refractivity contribution in [2.75, 3.05) is 20.8 Å². The topological polar surface area (TPSA) is 69.2 Å². The van der Waals surface area contributed by atoms with Gasteiger partial charge in [-0.15, -0.1) is 6.42 Å². The van der Waals surface area contributed by atoms with Crippen LogP contribution in [0.3, 0.4) is 0 Å². The largest absolute Gasteiger partial charge is 0.496 e. The van der Waals surface area contributed by atoms with Crippen LogP contribution < -0.4 is 19.6 Å². The summed E-state index contributed by atoms with van der Waals surface area (Å²) in [6.45, 7) is 0.0635. The molecule has 0 saturated heterocycles. The van der Waals surface area contributed by atoms with Crippen LogP contribution in [0.15, 0.2) is 39.9 Å². The Balaban J connectivity index is 2.17. The molecule has 0 bridgehead atoms. The number of amides is 1. The Kier molecular flexibility index (Phi) is 7.53. The first-order valence-electron chi connectivity index (χ1n) is 7.61. The summed E-state index contributed by atoms with van der Waals surface area (Å²) in [6.07, 6.45) is 6.62. The molecule has 1 N–H and O–H groups in total. The van der Waals surface area contributed by atoms with Crippen molar-refractivity contribution < 1.29 is 19.0 Å². The molecule has 0 heterocycles. The van der Waals surface area contributed by atoms with Crippen LogP contribution in [0, 0.1) is 12.3 Å². The molecule has 0 atom stereocenters. The third-order valence-electron chi connectivity index (χ3n) is 3.34. The fraction of sp³-hybridized carbons (Fsp3) is 0.158. The number of benzene rings is 2. The predicted octanol–water partition coefficient (Wildman–Crippen LogP) is 3.90. The molecule has 1 amide bonds. The van der Waals surface area contributed by atoms with Gasteiger partial charge in [-0.05, 0) is 35.9 Å². The van der Waals surface area contributed by atoms with Gasteiger partial charge < -0.3 is 14.2 Å². The molecule has 27 heavy (non-hydrogen) atoms. The van der Waals surface area contributed by atoms with Crippen molar-refractivity contribution in [1.29, 1.82) is 0 Å². The molecule has 0 spiro atoms. The van der Waals surface area contributed by atoms with Gasteiger partial charge in [-0.2, -0.15) is 5.10 Å². The maximum absolute atomic E-state index is 12.3. The highest BCUT2D eigenvalue weighted by Crippen LogP contribution is 2.36. The smallest absolute Gasteiger partial charge is 0.275 e. The summed E-state index contributed by atoms with van der Waals surface area (Å²) >= 11 is 9.52. The average molecular weight is 452 g/mol. The van der Waals surface area contributed by atoms with Crippen molar-refractivity contribution in [2.24, 2.45) is 5.10 Å². The van der Waals surface area contributed by atoms with E-state index < -0.39 is 5.91 Å². The molecular weight excluding hydrogens is 436 g/mol. The van der Waals surface area contributed by atoms with E-state index in [-0.39, 0.29) is 6.61 Å². The molecule has 2 aromatic carbocycles. The molecule has 0 fully saturated rings. The van der Waals surface area contributed by atoms with Crippen molar-refractivity contribution in [3.8, 4) is 29.6 Å². The number of nitrogens with zero attached hydrogens (tertiary/aromatic N) is 1. The number of hydrogen-bond donors (Lipinski definition) is 1. The molecule has 8 heteroatoms. The van der Waals surface area contributed by atoms with Gasteiger partial charge in [0.15, 0.2) is 11.5 Å². The van der Waals surface area contributed by atoms with Crippen molar-refractivity contribution in [1.82, 2.24) is 5.43 Å². The maximum atomic E-state index is 12.3. The predicted molar refractivity (Wildman–Crippen MR) is 108 cm³/mol. The number of carbonyl (C=O) groups is 1. The van der Waals surface area contributed by atoms with Crippen LogP contribution in [0.5, 0.6) is 17.2 Å². The van der Waals surface area contributed by atoms with E-state index in [4.69, 9.17) is 32.2 Å². The summed E-state index contributed by atoms with van der Waals surface area (Å²) in [5.41, 5.74) is 3.39. The van der Waals surface area contributed by atoms with Gasteiger partial charge in [0.1, 0.15) is 12.4 Å². The van der Waals surface area contributed by atoms with Crippen LogP contribution in [0.25, 0.3) is 0 Å². The summed E-state index contributed by atoms with van der Waals surface area (Å²) < 4.78 is 16.6. The number of halogens is 2. The highest BCUT2D eigenvalue weighted by molar-refractivity contribution is 9.10. The van der Waals surface area contributed by atoms with Crippen molar-refractivity contribution in [3.63, 3.8) is 0 Å². The Hall–Kier alpha value is -2.69. The Morgan fingerprint density at radius 3 is 2.70 bits per heavy atom. The molecule has 0 radical (unpaired) electrons. The van der Waals surface area contributed by atoms with Gasteiger partial charge in [-0.1, -0.05) is 33.5 Å². The molecule has 0 aliphatic rings. The lowest BCUT2D eigenvalue weighted by atomic mass is 10.2. The molecule has 0 unspecified atom stereocenters. The molecule has 0 aliphatic carbocycles. The summed E-state index contributed by atoms with van der Waals surface area (Å²) in [5, 5.41) is 4.26. The highest BCUT2D eigenvalue weighted by Gasteiger charge is 2.13. The van der Waals surface area contributed by atoms with Crippen LogP contribution >= 0.6 is 27.5 Å². The molecule has 0 aliphatic heterocycles. The Labute approximate surface area is 170 Å². The molecule has 0 saturated carbocycles. The molecule has 140 valence electrons. The van der Waals surface area contributed by atoms with E-state index in [0.717, 1.165) is 4.47 Å². The summed E-state index contributed by atoms with van der Waals surface area (Å²) in [6, 6.07) is 8.37. The van der Waals surface area contributed by atoms with E-state index in [1.165, 1.54) is 20.4 Å². The molecular formula is C19H16BrClN2O4. The SMILES string of the molecule is C#CCOc1c(Cl)cc(/C=N\NC(=O)c2cc(Br)ccc2OC)cc1OC. The van der Waals surface area contributed by atoms with Crippen LogP contribution in [-0.2, 0) is 0 Å². The summed E-state index contributed by atoms with van der Waals surface area (Å²) in [4.78, 5) is 12.3. The lowest BCUT2D eigenvalue weighted by Gasteiger charge is -2.11. The first-order chi connectivity index (χ1) is 13.0.